The van der Waals surface area contributed by atoms with Crippen molar-refractivity contribution in [3.8, 4) is 27.9 Å². The number of aromatic nitrogens is 1. The fraction of sp³-hybridized carbons (Fsp3) is 0. The monoisotopic (exact) mass is 652 g/mol. The highest BCUT2D eigenvalue weighted by atomic mass is 16.3. The first-order chi connectivity index (χ1) is 25.3. The molecule has 0 radical (unpaired) electrons. The van der Waals surface area contributed by atoms with E-state index >= 15 is 0 Å². The molecule has 0 amide bonds. The normalized spacial score (nSPS) is 11.5. The van der Waals surface area contributed by atoms with Crippen LogP contribution in [0.25, 0.3) is 71.7 Å². The van der Waals surface area contributed by atoms with Crippen molar-refractivity contribution in [2.24, 2.45) is 0 Å². The van der Waals surface area contributed by atoms with E-state index in [1.807, 2.05) is 6.07 Å². The van der Waals surface area contributed by atoms with Gasteiger partial charge in [0, 0.05) is 38.6 Å². The van der Waals surface area contributed by atoms with E-state index in [0.717, 1.165) is 61.1 Å². The topological polar surface area (TPSA) is 21.3 Å². The largest absolute Gasteiger partial charge is 0.454 e. The summed E-state index contributed by atoms with van der Waals surface area (Å²) in [6.07, 6.45) is 0. The average Bonchev–Trinajstić information content (AvgIpc) is 3.76. The number of furan rings is 1. The van der Waals surface area contributed by atoms with Gasteiger partial charge < -0.3 is 13.9 Å². The quantitative estimate of drug-likeness (QED) is 0.178. The van der Waals surface area contributed by atoms with Gasteiger partial charge in [-0.15, -0.1) is 0 Å². The molecule has 3 heteroatoms. The van der Waals surface area contributed by atoms with Crippen molar-refractivity contribution in [3.05, 3.63) is 194 Å². The molecule has 240 valence electrons. The molecule has 0 atom stereocenters. The molecule has 0 aliphatic rings. The van der Waals surface area contributed by atoms with Crippen LogP contribution >= 0.6 is 0 Å². The second kappa shape index (κ2) is 11.9. The van der Waals surface area contributed by atoms with E-state index in [-0.39, 0.29) is 0 Å². The van der Waals surface area contributed by atoms with Crippen molar-refractivity contribution < 1.29 is 4.42 Å². The maximum Gasteiger partial charge on any atom is 0.160 e. The van der Waals surface area contributed by atoms with Gasteiger partial charge in [-0.1, -0.05) is 140 Å². The van der Waals surface area contributed by atoms with Crippen molar-refractivity contribution >= 4 is 60.8 Å². The van der Waals surface area contributed by atoms with E-state index in [1.165, 1.54) is 27.6 Å². The molecule has 2 heterocycles. The van der Waals surface area contributed by atoms with Gasteiger partial charge >= 0.3 is 0 Å². The molecule has 51 heavy (non-hydrogen) atoms. The van der Waals surface area contributed by atoms with E-state index in [4.69, 9.17) is 4.42 Å². The van der Waals surface area contributed by atoms with E-state index in [9.17, 15) is 0 Å². The Kier molecular flexibility index (Phi) is 6.81. The first kappa shape index (κ1) is 29.1. The molecule has 0 N–H and O–H groups in total. The number of para-hydroxylation sites is 4. The zero-order chi connectivity index (χ0) is 33.7. The lowest BCUT2D eigenvalue weighted by Gasteiger charge is -2.27. The molecule has 0 bridgehead atoms. The van der Waals surface area contributed by atoms with Crippen LogP contribution in [0.1, 0.15) is 0 Å². The Morgan fingerprint density at radius 1 is 0.412 bits per heavy atom. The second-order valence-electron chi connectivity index (χ2n) is 12.9. The molecule has 0 aliphatic carbocycles. The van der Waals surface area contributed by atoms with E-state index in [2.05, 4.69) is 198 Å². The van der Waals surface area contributed by atoms with Gasteiger partial charge in [0.15, 0.2) is 5.58 Å². The Labute approximate surface area is 295 Å². The van der Waals surface area contributed by atoms with Crippen LogP contribution in [-0.2, 0) is 0 Å². The second-order valence-corrected chi connectivity index (χ2v) is 12.9. The Morgan fingerprint density at radius 2 is 0.922 bits per heavy atom. The minimum absolute atomic E-state index is 0.879. The smallest absolute Gasteiger partial charge is 0.160 e. The third-order valence-electron chi connectivity index (χ3n) is 9.98. The fourth-order valence-corrected chi connectivity index (χ4v) is 7.62. The van der Waals surface area contributed by atoms with E-state index < -0.39 is 0 Å². The molecule has 3 nitrogen and oxygen atoms in total. The van der Waals surface area contributed by atoms with Crippen molar-refractivity contribution in [1.29, 1.82) is 0 Å². The summed E-state index contributed by atoms with van der Waals surface area (Å²) in [7, 11) is 0. The Hall–Kier alpha value is -6.84. The summed E-state index contributed by atoms with van der Waals surface area (Å²) >= 11 is 0. The number of hydrogen-bond acceptors (Lipinski definition) is 2. The molecular weight excluding hydrogens is 621 g/mol. The summed E-state index contributed by atoms with van der Waals surface area (Å²) in [4.78, 5) is 2.40. The zero-order valence-corrected chi connectivity index (χ0v) is 27.8. The number of nitrogens with zero attached hydrogens (tertiary/aromatic N) is 2. The third-order valence-corrected chi connectivity index (χ3v) is 9.98. The number of rotatable bonds is 6. The predicted octanol–water partition coefficient (Wildman–Crippen LogP) is 13.5. The van der Waals surface area contributed by atoms with Crippen LogP contribution in [0.5, 0.6) is 0 Å². The van der Waals surface area contributed by atoms with Gasteiger partial charge in [0.05, 0.1) is 16.7 Å². The summed E-state index contributed by atoms with van der Waals surface area (Å²) < 4.78 is 9.13. The van der Waals surface area contributed by atoms with Crippen LogP contribution in [-0.4, -0.2) is 4.57 Å². The maximum atomic E-state index is 6.77. The third kappa shape index (κ3) is 4.82. The molecule has 0 aliphatic heterocycles. The van der Waals surface area contributed by atoms with Gasteiger partial charge in [-0.2, -0.15) is 0 Å². The zero-order valence-electron chi connectivity index (χ0n) is 27.8. The van der Waals surface area contributed by atoms with Gasteiger partial charge in [0.2, 0.25) is 0 Å². The fourth-order valence-electron chi connectivity index (χ4n) is 7.62. The number of hydrogen-bond donors (Lipinski definition) is 0. The Balaban J connectivity index is 1.22. The molecule has 0 saturated carbocycles. The number of benzene rings is 8. The van der Waals surface area contributed by atoms with Crippen LogP contribution in [0, 0.1) is 0 Å². The van der Waals surface area contributed by atoms with Crippen molar-refractivity contribution in [2.45, 2.75) is 0 Å². The van der Waals surface area contributed by atoms with Gasteiger partial charge in [0.25, 0.3) is 0 Å². The van der Waals surface area contributed by atoms with E-state index in [1.54, 1.807) is 0 Å². The minimum Gasteiger partial charge on any atom is -0.454 e. The summed E-state index contributed by atoms with van der Waals surface area (Å²) in [6, 6.07) is 69.0. The highest BCUT2D eigenvalue weighted by Gasteiger charge is 2.26. The summed E-state index contributed by atoms with van der Waals surface area (Å²) in [5.74, 6) is 0. The van der Waals surface area contributed by atoms with Crippen LogP contribution in [0.2, 0.25) is 0 Å². The molecule has 0 unspecified atom stereocenters. The lowest BCUT2D eigenvalue weighted by Crippen LogP contribution is -2.10. The molecule has 0 spiro atoms. The molecule has 0 saturated heterocycles. The standard InChI is InChI=1S/C48H32N2O/c1-4-14-33(15-5-1)34-24-26-35(27-25-34)36-28-30-39(31-29-36)49(37-16-6-2-7-17-37)44-32-42-40-20-11-13-23-45(40)51-48(42)47-46(44)41-21-10-12-22-43(41)50(47)38-18-8-3-9-19-38/h1-32H. The van der Waals surface area contributed by atoms with Crippen molar-refractivity contribution in [1.82, 2.24) is 4.57 Å². The van der Waals surface area contributed by atoms with Gasteiger partial charge in [-0.25, -0.2) is 0 Å². The number of fused-ring (bicyclic) bond motifs is 7. The minimum atomic E-state index is 0.879. The predicted molar refractivity (Wildman–Crippen MR) is 214 cm³/mol. The van der Waals surface area contributed by atoms with Crippen LogP contribution in [0.15, 0.2) is 199 Å². The molecule has 2 aromatic heterocycles. The van der Waals surface area contributed by atoms with Crippen LogP contribution < -0.4 is 4.90 Å². The Bertz CT molecular complexity index is 2820. The van der Waals surface area contributed by atoms with Crippen molar-refractivity contribution in [3.63, 3.8) is 0 Å². The molecule has 10 aromatic rings. The van der Waals surface area contributed by atoms with Gasteiger partial charge in [0.1, 0.15) is 5.58 Å². The highest BCUT2D eigenvalue weighted by Crippen LogP contribution is 2.48. The summed E-state index contributed by atoms with van der Waals surface area (Å²) in [5.41, 5.74) is 13.1. The lowest BCUT2D eigenvalue weighted by atomic mass is 10.00. The van der Waals surface area contributed by atoms with Crippen LogP contribution in [0.4, 0.5) is 17.1 Å². The summed E-state index contributed by atoms with van der Waals surface area (Å²) in [5, 5.41) is 4.50. The van der Waals surface area contributed by atoms with Gasteiger partial charge in [-0.05, 0) is 76.9 Å². The molecule has 10 rings (SSSR count). The SMILES string of the molecule is c1ccc(-c2ccc(-c3ccc(N(c4ccccc4)c4cc5c6ccccc6oc5c5c4c4ccccc4n5-c4ccccc4)cc3)cc2)cc1. The number of anilines is 3. The van der Waals surface area contributed by atoms with E-state index in [0.29, 0.717) is 0 Å². The van der Waals surface area contributed by atoms with Gasteiger partial charge in [-0.3, -0.25) is 0 Å². The van der Waals surface area contributed by atoms with Crippen LogP contribution in [0.3, 0.4) is 0 Å². The maximum absolute atomic E-state index is 6.77. The molecular formula is C48H32N2O. The first-order valence-electron chi connectivity index (χ1n) is 17.4. The van der Waals surface area contributed by atoms with Crippen molar-refractivity contribution in [2.75, 3.05) is 4.90 Å². The highest BCUT2D eigenvalue weighted by molar-refractivity contribution is 6.26. The summed E-state index contributed by atoms with van der Waals surface area (Å²) in [6.45, 7) is 0. The molecule has 0 fully saturated rings. The average molecular weight is 653 g/mol. The lowest BCUT2D eigenvalue weighted by molar-refractivity contribution is 0.671. The Morgan fingerprint density at radius 3 is 1.61 bits per heavy atom. The first-order valence-corrected chi connectivity index (χ1v) is 17.4. The molecule has 8 aromatic carbocycles.